The topological polar surface area (TPSA) is 135 Å². The van der Waals surface area contributed by atoms with Crippen LogP contribution in [0.4, 0.5) is 18.3 Å². The van der Waals surface area contributed by atoms with Crippen LogP contribution in [0.25, 0.3) is 10.9 Å². The second kappa shape index (κ2) is 11.0. The van der Waals surface area contributed by atoms with Crippen molar-refractivity contribution in [1.29, 1.82) is 0 Å². The number of nitrogens with one attached hydrogen (secondary N) is 1. The van der Waals surface area contributed by atoms with E-state index in [-0.39, 0.29) is 58.9 Å². The van der Waals surface area contributed by atoms with E-state index < -0.39 is 21.8 Å². The van der Waals surface area contributed by atoms with Crippen LogP contribution in [0.1, 0.15) is 23.0 Å². The Bertz CT molecular complexity index is 1720. The predicted octanol–water partition coefficient (Wildman–Crippen LogP) is 4.00. The van der Waals surface area contributed by atoms with E-state index in [1.807, 2.05) is 0 Å². The summed E-state index contributed by atoms with van der Waals surface area (Å²) in [7, 11) is -3.84. The number of piperazine rings is 1. The number of ether oxygens (including phenoxy) is 1. The fourth-order valence-corrected chi connectivity index (χ4v) is 6.68. The summed E-state index contributed by atoms with van der Waals surface area (Å²) in [4.78, 5) is 37.9. The molecular formula is C25H21F3N6O5S2. The van der Waals surface area contributed by atoms with E-state index in [4.69, 9.17) is 4.74 Å². The highest BCUT2D eigenvalue weighted by Gasteiger charge is 2.33. The van der Waals surface area contributed by atoms with Gasteiger partial charge in [0.15, 0.2) is 9.34 Å². The Morgan fingerprint density at radius 3 is 2.41 bits per heavy atom. The number of alkyl halides is 3. The molecule has 0 atom stereocenters. The van der Waals surface area contributed by atoms with E-state index in [1.54, 1.807) is 24.3 Å². The Morgan fingerprint density at radius 1 is 1.00 bits per heavy atom. The number of nitrogens with zero attached hydrogens (tertiary/aromatic N) is 5. The Labute approximate surface area is 235 Å². The van der Waals surface area contributed by atoms with Gasteiger partial charge < -0.3 is 15.0 Å². The molecule has 5 rings (SSSR count). The summed E-state index contributed by atoms with van der Waals surface area (Å²) in [5, 5.41) is 3.27. The van der Waals surface area contributed by atoms with Gasteiger partial charge in [0.1, 0.15) is 11.4 Å². The molecule has 1 aromatic carbocycles. The first-order valence-electron chi connectivity index (χ1n) is 12.0. The third kappa shape index (κ3) is 6.28. The number of halogens is 3. The first-order chi connectivity index (χ1) is 19.4. The molecule has 2 amide bonds. The minimum atomic E-state index is -4.50. The summed E-state index contributed by atoms with van der Waals surface area (Å²) in [5.74, 6) is -0.402. The SMILES string of the molecule is CC(=O)Nc1ncc(S(=O)(=O)N2CCN(C(=O)c3ccc4cc(Oc5ccc(C(F)(F)F)cn5)ccc4n3)CC2)s1. The zero-order chi connectivity index (χ0) is 29.4. The number of aromatic nitrogens is 3. The van der Waals surface area contributed by atoms with Gasteiger partial charge in [0.2, 0.25) is 11.8 Å². The highest BCUT2D eigenvalue weighted by Crippen LogP contribution is 2.31. The van der Waals surface area contributed by atoms with Gasteiger partial charge >= 0.3 is 6.18 Å². The first kappa shape index (κ1) is 28.4. The molecule has 0 spiro atoms. The van der Waals surface area contributed by atoms with Crippen molar-refractivity contribution in [2.45, 2.75) is 17.3 Å². The standard InChI is InChI=1S/C25H21F3N6O5S2/c1-15(35)31-24-30-14-22(40-24)41(37,38)34-10-8-33(9-11-34)23(36)20-5-2-16-12-18(4-6-19(16)32-20)39-21-7-3-17(13-29-21)25(26,27)28/h2-7,12-14H,8-11H2,1H3,(H,30,31,35). The average Bonchev–Trinajstić information content (AvgIpc) is 3.41. The maximum atomic E-state index is 13.1. The zero-order valence-electron chi connectivity index (χ0n) is 21.3. The number of pyridine rings is 2. The minimum absolute atomic E-state index is 0.00493. The van der Waals surface area contributed by atoms with Gasteiger partial charge in [-0.25, -0.2) is 23.4 Å². The molecule has 41 heavy (non-hydrogen) atoms. The van der Waals surface area contributed by atoms with Gasteiger partial charge in [-0.1, -0.05) is 17.4 Å². The van der Waals surface area contributed by atoms with Crippen LogP contribution in [0.5, 0.6) is 11.6 Å². The van der Waals surface area contributed by atoms with Crippen LogP contribution in [0, 0.1) is 0 Å². The van der Waals surface area contributed by atoms with Crippen molar-refractivity contribution < 1.29 is 35.9 Å². The molecule has 4 heterocycles. The molecule has 3 aromatic heterocycles. The molecule has 0 unspecified atom stereocenters. The van der Waals surface area contributed by atoms with Crippen LogP contribution in [0.15, 0.2) is 59.1 Å². The van der Waals surface area contributed by atoms with Gasteiger partial charge in [-0.05, 0) is 30.3 Å². The monoisotopic (exact) mass is 606 g/mol. The van der Waals surface area contributed by atoms with Crippen LogP contribution in [-0.4, -0.2) is 70.6 Å². The maximum Gasteiger partial charge on any atom is 0.417 e. The zero-order valence-corrected chi connectivity index (χ0v) is 22.9. The van der Waals surface area contributed by atoms with E-state index in [0.29, 0.717) is 22.8 Å². The summed E-state index contributed by atoms with van der Waals surface area (Å²) in [5.41, 5.74) is -0.218. The lowest BCUT2D eigenvalue weighted by atomic mass is 10.2. The molecule has 1 saturated heterocycles. The van der Waals surface area contributed by atoms with Crippen LogP contribution in [-0.2, 0) is 21.0 Å². The summed E-state index contributed by atoms with van der Waals surface area (Å²) in [6.45, 7) is 1.76. The highest BCUT2D eigenvalue weighted by molar-refractivity contribution is 7.91. The van der Waals surface area contributed by atoms with Crippen molar-refractivity contribution >= 4 is 49.2 Å². The lowest BCUT2D eigenvalue weighted by Gasteiger charge is -2.33. The largest absolute Gasteiger partial charge is 0.439 e. The molecule has 1 aliphatic rings. The van der Waals surface area contributed by atoms with Crippen LogP contribution in [0.3, 0.4) is 0 Å². The van der Waals surface area contributed by atoms with Crippen molar-refractivity contribution in [1.82, 2.24) is 24.2 Å². The van der Waals surface area contributed by atoms with E-state index >= 15 is 0 Å². The number of sulfonamides is 1. The van der Waals surface area contributed by atoms with Crippen molar-refractivity contribution in [3.63, 3.8) is 0 Å². The van der Waals surface area contributed by atoms with Gasteiger partial charge in [-0.15, -0.1) is 0 Å². The molecule has 4 aromatic rings. The van der Waals surface area contributed by atoms with Crippen molar-refractivity contribution in [3.8, 4) is 11.6 Å². The van der Waals surface area contributed by atoms with E-state index in [9.17, 15) is 31.2 Å². The fraction of sp³-hybridized carbons (Fsp3) is 0.240. The van der Waals surface area contributed by atoms with E-state index in [0.717, 1.165) is 23.5 Å². The summed E-state index contributed by atoms with van der Waals surface area (Å²) in [6, 6.07) is 9.99. The van der Waals surface area contributed by atoms with Crippen LogP contribution in [0.2, 0.25) is 0 Å². The summed E-state index contributed by atoms with van der Waals surface area (Å²) < 4.78 is 71.0. The molecule has 0 aliphatic carbocycles. The number of carbonyl (C=O) groups excluding carboxylic acids is 2. The van der Waals surface area contributed by atoms with E-state index in [1.165, 1.54) is 28.4 Å². The van der Waals surface area contributed by atoms with Gasteiger partial charge in [-0.3, -0.25) is 9.59 Å². The molecular weight excluding hydrogens is 585 g/mol. The third-order valence-corrected chi connectivity index (χ3v) is 9.30. The fourth-order valence-electron chi connectivity index (χ4n) is 4.02. The molecule has 0 radical (unpaired) electrons. The quantitative estimate of drug-likeness (QED) is 0.348. The number of amides is 2. The molecule has 0 bridgehead atoms. The number of anilines is 1. The molecule has 1 N–H and O–H groups in total. The number of hydrogen-bond acceptors (Lipinski definition) is 9. The van der Waals surface area contributed by atoms with Gasteiger partial charge in [0.05, 0.1) is 17.3 Å². The molecule has 214 valence electrons. The van der Waals surface area contributed by atoms with Gasteiger partial charge in [0, 0.05) is 50.8 Å². The Kier molecular flexibility index (Phi) is 7.63. The first-order valence-corrected chi connectivity index (χ1v) is 14.3. The Balaban J connectivity index is 1.22. The molecule has 1 fully saturated rings. The number of rotatable bonds is 6. The second-order valence-corrected chi connectivity index (χ2v) is 12.1. The molecule has 16 heteroatoms. The molecule has 1 aliphatic heterocycles. The van der Waals surface area contributed by atoms with Gasteiger partial charge in [0.25, 0.3) is 15.9 Å². The lowest BCUT2D eigenvalue weighted by Crippen LogP contribution is -2.50. The normalized spacial score (nSPS) is 14.7. The van der Waals surface area contributed by atoms with Crippen LogP contribution < -0.4 is 10.1 Å². The number of benzene rings is 1. The van der Waals surface area contributed by atoms with Crippen molar-refractivity contribution in [2.24, 2.45) is 0 Å². The third-order valence-electron chi connectivity index (χ3n) is 6.05. The maximum absolute atomic E-state index is 13.1. The summed E-state index contributed by atoms with van der Waals surface area (Å²) in [6.07, 6.45) is -2.62. The van der Waals surface area contributed by atoms with E-state index in [2.05, 4.69) is 20.3 Å². The average molecular weight is 607 g/mol. The minimum Gasteiger partial charge on any atom is -0.439 e. The number of carbonyl (C=O) groups is 2. The predicted molar refractivity (Wildman–Crippen MR) is 142 cm³/mol. The van der Waals surface area contributed by atoms with Crippen molar-refractivity contribution in [3.05, 3.63) is 66.1 Å². The highest BCUT2D eigenvalue weighted by atomic mass is 32.2. The Hall–Kier alpha value is -4.15. The summed E-state index contributed by atoms with van der Waals surface area (Å²) >= 11 is 0.853. The lowest BCUT2D eigenvalue weighted by molar-refractivity contribution is -0.137. The molecule has 11 nitrogen and oxygen atoms in total. The van der Waals surface area contributed by atoms with Crippen molar-refractivity contribution in [2.75, 3.05) is 31.5 Å². The Morgan fingerprint density at radius 2 is 1.76 bits per heavy atom. The second-order valence-electron chi connectivity index (χ2n) is 8.90. The number of fused-ring (bicyclic) bond motifs is 1. The smallest absolute Gasteiger partial charge is 0.417 e. The van der Waals surface area contributed by atoms with Gasteiger partial charge in [-0.2, -0.15) is 17.5 Å². The number of thiazole rings is 1. The number of hydrogen-bond donors (Lipinski definition) is 1. The molecule has 0 saturated carbocycles. The van der Waals surface area contributed by atoms with Crippen LogP contribution >= 0.6 is 11.3 Å².